The fourth-order valence-electron chi connectivity index (χ4n) is 1.15. The predicted octanol–water partition coefficient (Wildman–Crippen LogP) is 1.35. The highest BCUT2D eigenvalue weighted by atomic mass is 14.9. The molecule has 1 aromatic rings. The average Bonchev–Trinajstić information content (AvgIpc) is 2.45. The van der Waals surface area contributed by atoms with Crippen LogP contribution in [0.2, 0.25) is 0 Å². The molecule has 1 rings (SSSR count). The van der Waals surface area contributed by atoms with E-state index < -0.39 is 0 Å². The first-order chi connectivity index (χ1) is 6.19. The van der Waals surface area contributed by atoms with Crippen LogP contribution in [0.1, 0.15) is 6.92 Å². The topological polar surface area (TPSA) is 4.93 Å². The van der Waals surface area contributed by atoms with E-state index in [1.165, 1.54) is 0 Å². The normalized spacial score (nSPS) is 13.4. The van der Waals surface area contributed by atoms with Crippen molar-refractivity contribution in [3.63, 3.8) is 0 Å². The molecule has 0 saturated heterocycles. The Hall–Kier alpha value is -1.50. The Morgan fingerprint density at radius 1 is 1.54 bits per heavy atom. The van der Waals surface area contributed by atoms with Crippen molar-refractivity contribution in [2.75, 3.05) is 0 Å². The van der Waals surface area contributed by atoms with E-state index in [2.05, 4.69) is 25.3 Å². The molecule has 0 saturated carbocycles. The van der Waals surface area contributed by atoms with Crippen LogP contribution in [-0.2, 0) is 7.05 Å². The van der Waals surface area contributed by atoms with Crippen molar-refractivity contribution in [2.24, 2.45) is 7.05 Å². The quantitative estimate of drug-likeness (QED) is 0.595. The highest BCUT2D eigenvalue weighted by molar-refractivity contribution is 5.52. The summed E-state index contributed by atoms with van der Waals surface area (Å²) < 4.78 is 2.00. The van der Waals surface area contributed by atoms with Crippen molar-refractivity contribution in [1.82, 2.24) is 4.57 Å². The van der Waals surface area contributed by atoms with Gasteiger partial charge in [0, 0.05) is 18.6 Å². The van der Waals surface area contributed by atoms with Crippen LogP contribution < -0.4 is 10.6 Å². The third-order valence-corrected chi connectivity index (χ3v) is 2.13. The molecule has 0 radical (unpaired) electrons. The van der Waals surface area contributed by atoms with E-state index >= 15 is 0 Å². The van der Waals surface area contributed by atoms with Gasteiger partial charge in [-0.25, -0.2) is 0 Å². The summed E-state index contributed by atoms with van der Waals surface area (Å²) in [5.41, 5.74) is 1.12. The van der Waals surface area contributed by atoms with E-state index in [0.717, 1.165) is 16.1 Å². The van der Waals surface area contributed by atoms with Gasteiger partial charge in [0.15, 0.2) is 0 Å². The van der Waals surface area contributed by atoms with Crippen molar-refractivity contribution < 1.29 is 0 Å². The summed E-state index contributed by atoms with van der Waals surface area (Å²) in [6.07, 6.45) is 7.95. The number of hydrogen-bond donors (Lipinski definition) is 0. The minimum atomic E-state index is 1.03. The van der Waals surface area contributed by atoms with Gasteiger partial charge in [-0.3, -0.25) is 0 Å². The SMILES string of the molecule is C=CC(=C/C)/C=c1/ccn(C)c1=C. The Labute approximate surface area is 79.0 Å². The number of nitrogens with zero attached hydrogens (tertiary/aromatic N) is 1. The van der Waals surface area contributed by atoms with Crippen molar-refractivity contribution >= 4 is 12.7 Å². The highest BCUT2D eigenvalue weighted by Crippen LogP contribution is 1.95. The summed E-state index contributed by atoms with van der Waals surface area (Å²) in [7, 11) is 1.99. The summed E-state index contributed by atoms with van der Waals surface area (Å²) in [5.74, 6) is 0. The van der Waals surface area contributed by atoms with Gasteiger partial charge in [-0.2, -0.15) is 0 Å². The minimum Gasteiger partial charge on any atom is -0.351 e. The first kappa shape index (κ1) is 9.59. The molecule has 1 aromatic heterocycles. The molecule has 0 bridgehead atoms. The largest absolute Gasteiger partial charge is 0.351 e. The van der Waals surface area contributed by atoms with E-state index in [4.69, 9.17) is 0 Å². The van der Waals surface area contributed by atoms with Gasteiger partial charge in [-0.1, -0.05) is 25.3 Å². The number of aromatic nitrogens is 1. The molecule has 0 aromatic carbocycles. The molecule has 0 unspecified atom stereocenters. The maximum atomic E-state index is 3.97. The molecule has 0 aliphatic carbocycles. The number of rotatable bonds is 2. The molecular weight excluding hydrogens is 158 g/mol. The second-order valence-corrected chi connectivity index (χ2v) is 2.97. The lowest BCUT2D eigenvalue weighted by atomic mass is 10.2. The van der Waals surface area contributed by atoms with E-state index in [0.29, 0.717) is 0 Å². The monoisotopic (exact) mass is 173 g/mol. The van der Waals surface area contributed by atoms with Crippen LogP contribution >= 0.6 is 0 Å². The van der Waals surface area contributed by atoms with Gasteiger partial charge >= 0.3 is 0 Å². The highest BCUT2D eigenvalue weighted by Gasteiger charge is 1.88. The predicted molar refractivity (Wildman–Crippen MR) is 58.6 cm³/mol. The number of hydrogen-bond acceptors (Lipinski definition) is 0. The Morgan fingerprint density at radius 2 is 2.23 bits per heavy atom. The van der Waals surface area contributed by atoms with Crippen molar-refractivity contribution in [2.45, 2.75) is 6.92 Å². The molecule has 68 valence electrons. The third kappa shape index (κ3) is 2.00. The average molecular weight is 173 g/mol. The standard InChI is InChI=1S/C12H15N/c1-5-11(6-2)9-12-7-8-13(4)10(12)3/h5-9H,1,3H2,2,4H3/b11-6-,12-9-. The van der Waals surface area contributed by atoms with E-state index in [1.807, 2.05) is 36.9 Å². The van der Waals surface area contributed by atoms with E-state index in [9.17, 15) is 0 Å². The van der Waals surface area contributed by atoms with Crippen molar-refractivity contribution in [3.8, 4) is 0 Å². The van der Waals surface area contributed by atoms with Gasteiger partial charge in [0.05, 0.1) is 0 Å². The maximum absolute atomic E-state index is 3.97. The third-order valence-electron chi connectivity index (χ3n) is 2.13. The summed E-state index contributed by atoms with van der Waals surface area (Å²) >= 11 is 0. The molecule has 1 heteroatoms. The van der Waals surface area contributed by atoms with E-state index in [1.54, 1.807) is 0 Å². The molecule has 13 heavy (non-hydrogen) atoms. The molecule has 1 nitrogen and oxygen atoms in total. The summed E-state index contributed by atoms with van der Waals surface area (Å²) in [5, 5.41) is 2.18. The molecule has 0 spiro atoms. The molecule has 0 aliphatic heterocycles. The zero-order chi connectivity index (χ0) is 9.84. The summed E-state index contributed by atoms with van der Waals surface area (Å²) in [6, 6.07) is 2.05. The summed E-state index contributed by atoms with van der Waals surface area (Å²) in [6.45, 7) is 9.71. The molecule has 0 aliphatic rings. The summed E-state index contributed by atoms with van der Waals surface area (Å²) in [4.78, 5) is 0. The zero-order valence-electron chi connectivity index (χ0n) is 8.25. The number of allylic oxidation sites excluding steroid dienone is 3. The van der Waals surface area contributed by atoms with Crippen molar-refractivity contribution in [3.05, 3.63) is 47.1 Å². The van der Waals surface area contributed by atoms with Crippen LogP contribution in [0.5, 0.6) is 0 Å². The van der Waals surface area contributed by atoms with Crippen LogP contribution in [0, 0.1) is 0 Å². The zero-order valence-corrected chi connectivity index (χ0v) is 8.25. The Bertz CT molecular complexity index is 432. The van der Waals surface area contributed by atoms with Gasteiger partial charge in [0.25, 0.3) is 0 Å². The Balaban J connectivity index is 3.30. The van der Waals surface area contributed by atoms with Crippen molar-refractivity contribution in [1.29, 1.82) is 0 Å². The minimum absolute atomic E-state index is 1.03. The first-order valence-electron chi connectivity index (χ1n) is 4.29. The lowest BCUT2D eigenvalue weighted by molar-refractivity contribution is 0.891. The van der Waals surface area contributed by atoms with Crippen LogP contribution in [0.25, 0.3) is 12.7 Å². The van der Waals surface area contributed by atoms with E-state index in [-0.39, 0.29) is 0 Å². The molecule has 0 amide bonds. The lowest BCUT2D eigenvalue weighted by Gasteiger charge is -1.89. The maximum Gasteiger partial charge on any atom is 0.0404 e. The van der Waals surface area contributed by atoms with Gasteiger partial charge in [0.1, 0.15) is 0 Å². The van der Waals surface area contributed by atoms with Gasteiger partial charge < -0.3 is 4.57 Å². The second-order valence-electron chi connectivity index (χ2n) is 2.97. The number of aryl methyl sites for hydroxylation is 1. The van der Waals surface area contributed by atoms with Crippen LogP contribution in [0.15, 0.2) is 36.6 Å². The first-order valence-corrected chi connectivity index (χ1v) is 4.29. The Kier molecular flexibility index (Phi) is 2.91. The molecule has 0 N–H and O–H groups in total. The van der Waals surface area contributed by atoms with Gasteiger partial charge in [0.2, 0.25) is 0 Å². The molecule has 1 heterocycles. The van der Waals surface area contributed by atoms with Crippen LogP contribution in [0.3, 0.4) is 0 Å². The van der Waals surface area contributed by atoms with Crippen LogP contribution in [0.4, 0.5) is 0 Å². The lowest BCUT2D eigenvalue weighted by Crippen LogP contribution is -2.25. The molecule has 0 atom stereocenters. The fraction of sp³-hybridized carbons (Fsp3) is 0.167. The second kappa shape index (κ2) is 3.94. The van der Waals surface area contributed by atoms with Gasteiger partial charge in [-0.05, 0) is 29.9 Å². The fourth-order valence-corrected chi connectivity index (χ4v) is 1.15. The van der Waals surface area contributed by atoms with Crippen LogP contribution in [-0.4, -0.2) is 4.57 Å². The smallest absolute Gasteiger partial charge is 0.0404 e. The molecular formula is C12H15N. The molecule has 0 fully saturated rings. The Morgan fingerprint density at radius 3 is 2.62 bits per heavy atom. The van der Waals surface area contributed by atoms with Gasteiger partial charge in [-0.15, -0.1) is 0 Å².